The molecule has 0 radical (unpaired) electrons. The van der Waals surface area contributed by atoms with Crippen LogP contribution in [0.15, 0.2) is 16.7 Å². The summed E-state index contributed by atoms with van der Waals surface area (Å²) in [5.74, 6) is 0.582. The van der Waals surface area contributed by atoms with Crippen molar-refractivity contribution in [2.75, 3.05) is 13.1 Å². The van der Waals surface area contributed by atoms with E-state index in [-0.39, 0.29) is 5.91 Å². The van der Waals surface area contributed by atoms with Crippen LogP contribution in [-0.4, -0.2) is 23.9 Å². The molecule has 1 rings (SSSR count). The van der Waals surface area contributed by atoms with E-state index in [2.05, 4.69) is 0 Å². The van der Waals surface area contributed by atoms with Gasteiger partial charge < -0.3 is 9.32 Å². The van der Waals surface area contributed by atoms with Gasteiger partial charge in [-0.1, -0.05) is 0 Å². The lowest BCUT2D eigenvalue weighted by Gasteiger charge is -2.17. The van der Waals surface area contributed by atoms with E-state index in [1.165, 1.54) is 6.26 Å². The van der Waals surface area contributed by atoms with Gasteiger partial charge in [0.05, 0.1) is 12.1 Å². The number of amides is 1. The van der Waals surface area contributed by atoms with Gasteiger partial charge in [0.1, 0.15) is 0 Å². The van der Waals surface area contributed by atoms with Crippen molar-refractivity contribution in [3.8, 4) is 0 Å². The van der Waals surface area contributed by atoms with Gasteiger partial charge in [-0.3, -0.25) is 4.79 Å². The molecule has 78 valence electrons. The van der Waals surface area contributed by atoms with Crippen LogP contribution in [0.3, 0.4) is 0 Å². The Kier molecular flexibility index (Phi) is 4.01. The quantitative estimate of drug-likeness (QED) is 0.724. The Morgan fingerprint density at radius 1 is 1.50 bits per heavy atom. The van der Waals surface area contributed by atoms with E-state index < -0.39 is 0 Å². The molecule has 4 heteroatoms. The fraction of sp³-hybridized carbons (Fsp3) is 0.500. The van der Waals surface area contributed by atoms with Gasteiger partial charge in [-0.15, -0.1) is 11.6 Å². The van der Waals surface area contributed by atoms with Gasteiger partial charge in [-0.25, -0.2) is 0 Å². The van der Waals surface area contributed by atoms with Crippen molar-refractivity contribution in [3.63, 3.8) is 0 Å². The number of nitrogens with zero attached hydrogens (tertiary/aromatic N) is 1. The van der Waals surface area contributed by atoms with Gasteiger partial charge in [-0.2, -0.15) is 0 Å². The molecule has 0 aromatic carbocycles. The van der Waals surface area contributed by atoms with Gasteiger partial charge in [0, 0.05) is 18.7 Å². The van der Waals surface area contributed by atoms with Crippen LogP contribution in [0.25, 0.3) is 0 Å². The zero-order chi connectivity index (χ0) is 10.6. The maximum Gasteiger partial charge on any atom is 0.289 e. The lowest BCUT2D eigenvalue weighted by molar-refractivity contribution is 0.0740. The number of furan rings is 1. The van der Waals surface area contributed by atoms with E-state index in [0.717, 1.165) is 5.56 Å². The van der Waals surface area contributed by atoms with E-state index in [1.807, 2.05) is 13.8 Å². The smallest absolute Gasteiger partial charge is 0.289 e. The minimum atomic E-state index is -0.0874. The van der Waals surface area contributed by atoms with E-state index in [1.54, 1.807) is 11.0 Å². The summed E-state index contributed by atoms with van der Waals surface area (Å²) >= 11 is 5.68. The minimum Gasteiger partial charge on any atom is -0.459 e. The number of hydrogen-bond acceptors (Lipinski definition) is 2. The second-order valence-corrected chi connectivity index (χ2v) is 3.15. The Hall–Kier alpha value is -0.960. The molecule has 1 amide bonds. The van der Waals surface area contributed by atoms with Crippen molar-refractivity contribution in [2.24, 2.45) is 0 Å². The highest BCUT2D eigenvalue weighted by atomic mass is 35.5. The molecule has 14 heavy (non-hydrogen) atoms. The number of carbonyl (C=O) groups is 1. The third-order valence-electron chi connectivity index (χ3n) is 2.14. The van der Waals surface area contributed by atoms with Gasteiger partial charge in [-0.05, 0) is 19.9 Å². The fourth-order valence-corrected chi connectivity index (χ4v) is 1.49. The molecule has 0 spiro atoms. The molecule has 1 heterocycles. The highest BCUT2D eigenvalue weighted by Crippen LogP contribution is 2.15. The number of rotatable bonds is 4. The van der Waals surface area contributed by atoms with Crippen molar-refractivity contribution >= 4 is 17.5 Å². The van der Waals surface area contributed by atoms with Gasteiger partial charge >= 0.3 is 0 Å². The molecule has 0 aliphatic heterocycles. The first-order valence-corrected chi connectivity index (χ1v) is 5.19. The summed E-state index contributed by atoms with van der Waals surface area (Å²) in [6.45, 7) is 5.23. The van der Waals surface area contributed by atoms with Crippen LogP contribution >= 0.6 is 11.6 Å². The first-order chi connectivity index (χ1) is 6.74. The molecule has 0 unspecified atom stereocenters. The molecule has 0 aliphatic rings. The molecule has 0 saturated heterocycles. The molecule has 1 aromatic heterocycles. The van der Waals surface area contributed by atoms with Crippen LogP contribution in [0.5, 0.6) is 0 Å². The third-order valence-corrected chi connectivity index (χ3v) is 2.42. The number of alkyl halides is 1. The predicted octanol–water partition coefficient (Wildman–Crippen LogP) is 2.50. The third kappa shape index (κ3) is 2.10. The van der Waals surface area contributed by atoms with Crippen molar-refractivity contribution in [1.29, 1.82) is 0 Å². The lowest BCUT2D eigenvalue weighted by atomic mass is 10.2. The summed E-state index contributed by atoms with van der Waals surface area (Å²) in [5, 5.41) is 0. The number of carbonyl (C=O) groups excluding carboxylic acids is 1. The summed E-state index contributed by atoms with van der Waals surface area (Å²) in [4.78, 5) is 13.5. The average molecular weight is 216 g/mol. The van der Waals surface area contributed by atoms with E-state index >= 15 is 0 Å². The number of halogens is 1. The van der Waals surface area contributed by atoms with Crippen molar-refractivity contribution in [1.82, 2.24) is 4.90 Å². The molecule has 0 saturated carbocycles. The molecule has 0 bridgehead atoms. The zero-order valence-electron chi connectivity index (χ0n) is 8.42. The second kappa shape index (κ2) is 5.05. The number of hydrogen-bond donors (Lipinski definition) is 0. The van der Waals surface area contributed by atoms with Crippen LogP contribution in [0.1, 0.15) is 30.0 Å². The molecular formula is C10H14ClNO2. The second-order valence-electron chi connectivity index (χ2n) is 2.89. The predicted molar refractivity (Wildman–Crippen MR) is 55.5 cm³/mol. The summed E-state index contributed by atoms with van der Waals surface area (Å²) in [5.41, 5.74) is 0.753. The van der Waals surface area contributed by atoms with E-state index in [9.17, 15) is 4.79 Å². The topological polar surface area (TPSA) is 33.5 Å². The van der Waals surface area contributed by atoms with Crippen LogP contribution in [-0.2, 0) is 5.88 Å². The molecule has 0 fully saturated rings. The van der Waals surface area contributed by atoms with Crippen molar-refractivity contribution in [2.45, 2.75) is 19.7 Å². The Morgan fingerprint density at radius 2 is 2.14 bits per heavy atom. The summed E-state index contributed by atoms with van der Waals surface area (Å²) in [6, 6.07) is 1.73. The van der Waals surface area contributed by atoms with Crippen LogP contribution in [0, 0.1) is 0 Å². The first-order valence-electron chi connectivity index (χ1n) is 4.66. The summed E-state index contributed by atoms with van der Waals surface area (Å²) in [7, 11) is 0. The minimum absolute atomic E-state index is 0.0874. The molecule has 0 N–H and O–H groups in total. The lowest BCUT2D eigenvalue weighted by Crippen LogP contribution is -2.30. The fourth-order valence-electron chi connectivity index (χ4n) is 1.28. The Bertz CT molecular complexity index is 305. The summed E-state index contributed by atoms with van der Waals surface area (Å²) in [6.07, 6.45) is 1.49. The van der Waals surface area contributed by atoms with Crippen LogP contribution < -0.4 is 0 Å². The highest BCUT2D eigenvalue weighted by Gasteiger charge is 2.19. The molecule has 0 atom stereocenters. The van der Waals surface area contributed by atoms with Crippen LogP contribution in [0.2, 0.25) is 0 Å². The summed E-state index contributed by atoms with van der Waals surface area (Å²) < 4.78 is 5.13. The normalized spacial score (nSPS) is 10.2. The molecular weight excluding hydrogens is 202 g/mol. The zero-order valence-corrected chi connectivity index (χ0v) is 9.17. The van der Waals surface area contributed by atoms with Gasteiger partial charge in [0.25, 0.3) is 5.91 Å². The Labute approximate surface area is 88.6 Å². The Balaban J connectivity index is 2.87. The standard InChI is InChI=1S/C10H14ClNO2/c1-3-12(4-2)10(13)9-8(7-11)5-6-14-9/h5-6H,3-4,7H2,1-2H3. The first kappa shape index (κ1) is 11.1. The van der Waals surface area contributed by atoms with E-state index in [0.29, 0.717) is 24.7 Å². The Morgan fingerprint density at radius 3 is 2.64 bits per heavy atom. The van der Waals surface area contributed by atoms with Crippen molar-refractivity contribution in [3.05, 3.63) is 23.7 Å². The SMILES string of the molecule is CCN(CC)C(=O)c1occc1CCl. The highest BCUT2D eigenvalue weighted by molar-refractivity contribution is 6.17. The van der Waals surface area contributed by atoms with Gasteiger partial charge in [0.15, 0.2) is 5.76 Å². The van der Waals surface area contributed by atoms with Gasteiger partial charge in [0.2, 0.25) is 0 Å². The molecule has 0 aliphatic carbocycles. The maximum absolute atomic E-state index is 11.8. The monoisotopic (exact) mass is 215 g/mol. The average Bonchev–Trinajstić information content (AvgIpc) is 2.67. The van der Waals surface area contributed by atoms with Crippen LogP contribution in [0.4, 0.5) is 0 Å². The van der Waals surface area contributed by atoms with E-state index in [4.69, 9.17) is 16.0 Å². The molecule has 3 nitrogen and oxygen atoms in total. The maximum atomic E-state index is 11.8. The largest absolute Gasteiger partial charge is 0.459 e. The van der Waals surface area contributed by atoms with Crippen molar-refractivity contribution < 1.29 is 9.21 Å². The molecule has 1 aromatic rings.